The molecule has 0 aliphatic rings. The number of hydrogen-bond donors (Lipinski definition) is 1. The maximum Gasteiger partial charge on any atom is 0.0798 e. The Labute approximate surface area is 106 Å². The van der Waals surface area contributed by atoms with Crippen LogP contribution in [0.4, 0.5) is 0 Å². The average Bonchev–Trinajstić information content (AvgIpc) is 2.74. The topological polar surface area (TPSA) is 42.7 Å². The van der Waals surface area contributed by atoms with Gasteiger partial charge in [-0.3, -0.25) is 4.68 Å². The van der Waals surface area contributed by atoms with Crippen LogP contribution in [0, 0.1) is 0 Å². The largest absolute Gasteiger partial charge is 0.305 e. The Balaban J connectivity index is 2.35. The smallest absolute Gasteiger partial charge is 0.0798 e. The fourth-order valence-electron chi connectivity index (χ4n) is 1.81. The summed E-state index contributed by atoms with van der Waals surface area (Å²) in [7, 11) is 1.89. The van der Waals surface area contributed by atoms with Crippen LogP contribution in [0.5, 0.6) is 0 Å². The average molecular weight is 251 g/mol. The molecule has 0 radical (unpaired) electrons. The summed E-state index contributed by atoms with van der Waals surface area (Å²) in [4.78, 5) is 0. The molecule has 0 aliphatic carbocycles. The molecule has 0 saturated heterocycles. The first-order valence-corrected chi connectivity index (χ1v) is 5.93. The van der Waals surface area contributed by atoms with Crippen molar-refractivity contribution >= 4 is 11.6 Å². The van der Waals surface area contributed by atoms with Crippen molar-refractivity contribution in [2.24, 2.45) is 7.05 Å². The van der Waals surface area contributed by atoms with Gasteiger partial charge in [0.2, 0.25) is 0 Å². The van der Waals surface area contributed by atoms with Gasteiger partial charge in [0.25, 0.3) is 0 Å². The summed E-state index contributed by atoms with van der Waals surface area (Å²) in [5.74, 6) is 0. The molecule has 0 saturated carbocycles. The van der Waals surface area contributed by atoms with Crippen molar-refractivity contribution < 1.29 is 0 Å². The fraction of sp³-hybridized carbons (Fsp3) is 0.333. The van der Waals surface area contributed by atoms with Crippen LogP contribution in [0.3, 0.4) is 0 Å². The van der Waals surface area contributed by atoms with E-state index in [2.05, 4.69) is 22.6 Å². The Morgan fingerprint density at radius 3 is 2.59 bits per heavy atom. The van der Waals surface area contributed by atoms with Crippen molar-refractivity contribution in [1.82, 2.24) is 20.3 Å². The number of nitrogens with one attached hydrogen (secondary N) is 1. The Kier molecular flexibility index (Phi) is 3.76. The minimum atomic E-state index is 0.0947. The molecular formula is C12H15ClN4. The lowest BCUT2D eigenvalue weighted by Gasteiger charge is -2.18. The molecule has 90 valence electrons. The number of hydrogen-bond acceptors (Lipinski definition) is 3. The number of nitrogens with zero attached hydrogens (tertiary/aromatic N) is 3. The summed E-state index contributed by atoms with van der Waals surface area (Å²) in [6.07, 6.45) is 1.78. The zero-order valence-electron chi connectivity index (χ0n) is 9.89. The van der Waals surface area contributed by atoms with Gasteiger partial charge in [-0.15, -0.1) is 5.10 Å². The molecule has 1 unspecified atom stereocenters. The summed E-state index contributed by atoms with van der Waals surface area (Å²) in [5.41, 5.74) is 2.19. The van der Waals surface area contributed by atoms with Gasteiger partial charge >= 0.3 is 0 Å². The zero-order chi connectivity index (χ0) is 12.3. The Bertz CT molecular complexity index is 478. The Morgan fingerprint density at radius 1 is 1.35 bits per heavy atom. The third kappa shape index (κ3) is 2.65. The van der Waals surface area contributed by atoms with Crippen molar-refractivity contribution in [3.63, 3.8) is 0 Å². The standard InChI is InChI=1S/C12H15ClN4/c1-3-14-12(11-8-15-16-17(11)2)9-4-6-10(13)7-5-9/h4-8,12,14H,3H2,1-2H3. The molecule has 5 heteroatoms. The van der Waals surface area contributed by atoms with Crippen LogP contribution in [-0.4, -0.2) is 21.5 Å². The molecule has 0 bridgehead atoms. The fourth-order valence-corrected chi connectivity index (χ4v) is 1.94. The van der Waals surface area contributed by atoms with Gasteiger partial charge in [-0.2, -0.15) is 0 Å². The van der Waals surface area contributed by atoms with Crippen molar-refractivity contribution in [1.29, 1.82) is 0 Å². The van der Waals surface area contributed by atoms with Gasteiger partial charge < -0.3 is 5.32 Å². The summed E-state index contributed by atoms with van der Waals surface area (Å²) >= 11 is 5.90. The normalized spacial score (nSPS) is 12.6. The molecule has 0 fully saturated rings. The lowest BCUT2D eigenvalue weighted by Crippen LogP contribution is -2.24. The van der Waals surface area contributed by atoms with E-state index in [-0.39, 0.29) is 6.04 Å². The monoisotopic (exact) mass is 250 g/mol. The number of benzene rings is 1. The van der Waals surface area contributed by atoms with Gasteiger partial charge in [0.1, 0.15) is 0 Å². The first kappa shape index (κ1) is 12.1. The summed E-state index contributed by atoms with van der Waals surface area (Å²) < 4.78 is 1.78. The van der Waals surface area contributed by atoms with E-state index in [0.29, 0.717) is 0 Å². The molecule has 1 aromatic carbocycles. The van der Waals surface area contributed by atoms with Gasteiger partial charge in [-0.25, -0.2) is 0 Å². The summed E-state index contributed by atoms with van der Waals surface area (Å²) in [5, 5.41) is 12.0. The van der Waals surface area contributed by atoms with Gasteiger partial charge in [0.05, 0.1) is 17.9 Å². The molecule has 2 aromatic rings. The minimum absolute atomic E-state index is 0.0947. The van der Waals surface area contributed by atoms with E-state index in [1.807, 2.05) is 31.3 Å². The maximum absolute atomic E-state index is 5.90. The molecule has 17 heavy (non-hydrogen) atoms. The van der Waals surface area contributed by atoms with Crippen LogP contribution >= 0.6 is 11.6 Å². The molecule has 0 amide bonds. The maximum atomic E-state index is 5.90. The summed E-state index contributed by atoms with van der Waals surface area (Å²) in [6.45, 7) is 2.95. The highest BCUT2D eigenvalue weighted by molar-refractivity contribution is 6.30. The van der Waals surface area contributed by atoms with E-state index >= 15 is 0 Å². The van der Waals surface area contributed by atoms with Crippen LogP contribution in [0.25, 0.3) is 0 Å². The molecule has 4 nitrogen and oxygen atoms in total. The lowest BCUT2D eigenvalue weighted by molar-refractivity contribution is 0.568. The first-order chi connectivity index (χ1) is 8.22. The highest BCUT2D eigenvalue weighted by Gasteiger charge is 2.16. The van der Waals surface area contributed by atoms with Crippen molar-refractivity contribution in [3.8, 4) is 0 Å². The third-order valence-electron chi connectivity index (χ3n) is 2.66. The molecule has 1 N–H and O–H groups in total. The van der Waals surface area contributed by atoms with E-state index in [9.17, 15) is 0 Å². The van der Waals surface area contributed by atoms with Gasteiger partial charge in [-0.1, -0.05) is 35.9 Å². The van der Waals surface area contributed by atoms with Gasteiger partial charge in [0, 0.05) is 12.1 Å². The molecule has 1 heterocycles. The number of rotatable bonds is 4. The van der Waals surface area contributed by atoms with E-state index in [0.717, 1.165) is 22.8 Å². The molecule has 0 aliphatic heterocycles. The third-order valence-corrected chi connectivity index (χ3v) is 2.91. The van der Waals surface area contributed by atoms with E-state index in [1.165, 1.54) is 0 Å². The highest BCUT2D eigenvalue weighted by Crippen LogP contribution is 2.22. The Morgan fingerprint density at radius 2 is 2.06 bits per heavy atom. The zero-order valence-corrected chi connectivity index (χ0v) is 10.6. The van der Waals surface area contributed by atoms with E-state index in [4.69, 9.17) is 11.6 Å². The molecule has 1 atom stereocenters. The predicted octanol–water partition coefficient (Wildman–Crippen LogP) is 2.17. The molecular weight excluding hydrogens is 236 g/mol. The molecule has 2 rings (SSSR count). The van der Waals surface area contributed by atoms with Crippen LogP contribution in [-0.2, 0) is 7.05 Å². The number of aromatic nitrogens is 3. The van der Waals surface area contributed by atoms with Crippen LogP contribution in [0.1, 0.15) is 24.2 Å². The van der Waals surface area contributed by atoms with Gasteiger partial charge in [0.15, 0.2) is 0 Å². The summed E-state index contributed by atoms with van der Waals surface area (Å²) in [6, 6.07) is 7.92. The van der Waals surface area contributed by atoms with Crippen LogP contribution < -0.4 is 5.32 Å². The predicted molar refractivity (Wildman–Crippen MR) is 68.0 cm³/mol. The second kappa shape index (κ2) is 5.29. The second-order valence-electron chi connectivity index (χ2n) is 3.82. The van der Waals surface area contributed by atoms with Crippen LogP contribution in [0.2, 0.25) is 5.02 Å². The Hall–Kier alpha value is -1.39. The van der Waals surface area contributed by atoms with Crippen molar-refractivity contribution in [2.45, 2.75) is 13.0 Å². The van der Waals surface area contributed by atoms with Crippen molar-refractivity contribution in [2.75, 3.05) is 6.54 Å². The first-order valence-electron chi connectivity index (χ1n) is 5.55. The highest BCUT2D eigenvalue weighted by atomic mass is 35.5. The second-order valence-corrected chi connectivity index (χ2v) is 4.26. The minimum Gasteiger partial charge on any atom is -0.305 e. The molecule has 1 aromatic heterocycles. The molecule has 0 spiro atoms. The van der Waals surface area contributed by atoms with E-state index in [1.54, 1.807) is 10.9 Å². The van der Waals surface area contributed by atoms with Crippen molar-refractivity contribution in [3.05, 3.63) is 46.7 Å². The number of aryl methyl sites for hydroxylation is 1. The van der Waals surface area contributed by atoms with Gasteiger partial charge in [-0.05, 0) is 24.2 Å². The SMILES string of the molecule is CCNC(c1ccc(Cl)cc1)c1cnnn1C. The van der Waals surface area contributed by atoms with Crippen LogP contribution in [0.15, 0.2) is 30.5 Å². The lowest BCUT2D eigenvalue weighted by atomic mass is 10.0. The quantitative estimate of drug-likeness (QED) is 0.904. The number of halogens is 1. The van der Waals surface area contributed by atoms with E-state index < -0.39 is 0 Å².